The molecule has 0 aliphatic carbocycles. The van der Waals surface area contributed by atoms with Crippen LogP contribution in [0.4, 0.5) is 0 Å². The van der Waals surface area contributed by atoms with Gasteiger partial charge in [-0.05, 0) is 37.6 Å². The SMILES string of the molecule is Cc1c(C(N)=O)c(-c2ccccc2Cl)c(C)n1Cc1ccc2c(c1)OCO2. The number of fused-ring (bicyclic) bond motifs is 1. The van der Waals surface area contributed by atoms with E-state index in [4.69, 9.17) is 26.8 Å². The standard InChI is InChI=1S/C21H19ClN2O3/c1-12-19(15-5-3-4-6-16(15)22)20(21(23)25)13(2)24(12)10-14-7-8-17-18(9-14)27-11-26-17/h3-9H,10-11H2,1-2H3,(H2,23,25). The Labute approximate surface area is 162 Å². The highest BCUT2D eigenvalue weighted by Gasteiger charge is 2.24. The lowest BCUT2D eigenvalue weighted by Crippen LogP contribution is -2.13. The van der Waals surface area contributed by atoms with Crippen LogP contribution >= 0.6 is 11.6 Å². The fourth-order valence-corrected chi connectivity index (χ4v) is 3.87. The van der Waals surface area contributed by atoms with E-state index in [1.165, 1.54) is 0 Å². The van der Waals surface area contributed by atoms with Crippen molar-refractivity contribution in [2.75, 3.05) is 6.79 Å². The van der Waals surface area contributed by atoms with Crippen LogP contribution in [-0.4, -0.2) is 17.3 Å². The number of carbonyl (C=O) groups is 1. The smallest absolute Gasteiger partial charge is 0.251 e. The largest absolute Gasteiger partial charge is 0.454 e. The molecule has 2 heterocycles. The quantitative estimate of drug-likeness (QED) is 0.731. The summed E-state index contributed by atoms with van der Waals surface area (Å²) in [7, 11) is 0. The van der Waals surface area contributed by atoms with Crippen molar-refractivity contribution < 1.29 is 14.3 Å². The van der Waals surface area contributed by atoms with Crippen molar-refractivity contribution >= 4 is 17.5 Å². The molecule has 0 radical (unpaired) electrons. The number of nitrogens with two attached hydrogens (primary N) is 1. The zero-order chi connectivity index (χ0) is 19.1. The summed E-state index contributed by atoms with van der Waals surface area (Å²) in [5.74, 6) is 1.01. The number of nitrogens with zero attached hydrogens (tertiary/aromatic N) is 1. The molecule has 2 aromatic carbocycles. The molecule has 1 amide bonds. The van der Waals surface area contributed by atoms with Crippen molar-refractivity contribution in [2.24, 2.45) is 5.73 Å². The molecule has 0 atom stereocenters. The van der Waals surface area contributed by atoms with E-state index in [0.717, 1.165) is 39.6 Å². The van der Waals surface area contributed by atoms with Gasteiger partial charge in [-0.3, -0.25) is 4.79 Å². The third-order valence-electron chi connectivity index (χ3n) is 4.95. The van der Waals surface area contributed by atoms with Crippen molar-refractivity contribution in [3.63, 3.8) is 0 Å². The Kier molecular flexibility index (Phi) is 4.32. The van der Waals surface area contributed by atoms with E-state index in [1.807, 2.05) is 56.3 Å². The van der Waals surface area contributed by atoms with Crippen LogP contribution < -0.4 is 15.2 Å². The highest BCUT2D eigenvalue weighted by atomic mass is 35.5. The van der Waals surface area contributed by atoms with Gasteiger partial charge in [-0.2, -0.15) is 0 Å². The number of benzene rings is 2. The molecule has 6 heteroatoms. The summed E-state index contributed by atoms with van der Waals surface area (Å²) in [5.41, 5.74) is 10.6. The molecule has 0 saturated heterocycles. The molecule has 3 aromatic rings. The summed E-state index contributed by atoms with van der Waals surface area (Å²) in [6.45, 7) is 4.70. The van der Waals surface area contributed by atoms with E-state index in [-0.39, 0.29) is 6.79 Å². The zero-order valence-corrected chi connectivity index (χ0v) is 15.8. The van der Waals surface area contributed by atoms with Gasteiger partial charge in [-0.15, -0.1) is 0 Å². The first-order valence-electron chi connectivity index (χ1n) is 8.60. The number of primary amides is 1. The highest BCUT2D eigenvalue weighted by Crippen LogP contribution is 2.37. The number of aromatic nitrogens is 1. The van der Waals surface area contributed by atoms with E-state index in [0.29, 0.717) is 17.1 Å². The van der Waals surface area contributed by atoms with Crippen molar-refractivity contribution in [1.82, 2.24) is 4.57 Å². The Balaban J connectivity index is 1.84. The minimum absolute atomic E-state index is 0.239. The number of hydrogen-bond donors (Lipinski definition) is 1. The van der Waals surface area contributed by atoms with Crippen LogP contribution in [0.5, 0.6) is 11.5 Å². The van der Waals surface area contributed by atoms with E-state index in [2.05, 4.69) is 4.57 Å². The molecule has 1 aromatic heterocycles. The Morgan fingerprint density at radius 1 is 1.11 bits per heavy atom. The minimum atomic E-state index is -0.463. The van der Waals surface area contributed by atoms with Gasteiger partial charge in [-0.1, -0.05) is 35.9 Å². The fraction of sp³-hybridized carbons (Fsp3) is 0.190. The molecule has 5 nitrogen and oxygen atoms in total. The van der Waals surface area contributed by atoms with Crippen LogP contribution in [0.15, 0.2) is 42.5 Å². The molecule has 1 aliphatic heterocycles. The Morgan fingerprint density at radius 2 is 1.85 bits per heavy atom. The molecule has 0 unspecified atom stereocenters. The predicted molar refractivity (Wildman–Crippen MR) is 105 cm³/mol. The maximum atomic E-state index is 12.2. The number of carbonyl (C=O) groups excluding carboxylic acids is 1. The molecular formula is C21H19ClN2O3. The van der Waals surface area contributed by atoms with E-state index in [1.54, 1.807) is 0 Å². The lowest BCUT2D eigenvalue weighted by Gasteiger charge is -2.11. The molecular weight excluding hydrogens is 364 g/mol. The second kappa shape index (κ2) is 6.67. The zero-order valence-electron chi connectivity index (χ0n) is 15.1. The molecule has 138 valence electrons. The first kappa shape index (κ1) is 17.5. The third kappa shape index (κ3) is 2.94. The summed E-state index contributed by atoms with van der Waals surface area (Å²) in [6, 6.07) is 13.3. The van der Waals surface area contributed by atoms with Gasteiger partial charge in [-0.25, -0.2) is 0 Å². The lowest BCUT2D eigenvalue weighted by atomic mass is 10.00. The van der Waals surface area contributed by atoms with Gasteiger partial charge < -0.3 is 19.8 Å². The van der Waals surface area contributed by atoms with Crippen LogP contribution in [0.3, 0.4) is 0 Å². The van der Waals surface area contributed by atoms with Crippen molar-refractivity contribution in [1.29, 1.82) is 0 Å². The van der Waals surface area contributed by atoms with Gasteiger partial charge in [0.1, 0.15) is 0 Å². The van der Waals surface area contributed by atoms with Gasteiger partial charge in [0.2, 0.25) is 6.79 Å². The van der Waals surface area contributed by atoms with Gasteiger partial charge in [0.05, 0.1) is 5.56 Å². The monoisotopic (exact) mass is 382 g/mol. The van der Waals surface area contributed by atoms with Crippen molar-refractivity contribution in [3.05, 3.63) is 70.0 Å². The van der Waals surface area contributed by atoms with Crippen molar-refractivity contribution in [2.45, 2.75) is 20.4 Å². The molecule has 0 spiro atoms. The number of amides is 1. The summed E-state index contributed by atoms with van der Waals surface area (Å²) in [5, 5.41) is 0.586. The molecule has 1 aliphatic rings. The van der Waals surface area contributed by atoms with Gasteiger partial charge in [0.15, 0.2) is 11.5 Å². The number of halogens is 1. The molecule has 0 bridgehead atoms. The Hall–Kier alpha value is -2.92. The maximum Gasteiger partial charge on any atom is 0.251 e. The number of rotatable bonds is 4. The Morgan fingerprint density at radius 3 is 2.59 bits per heavy atom. The number of ether oxygens (including phenoxy) is 2. The molecule has 4 rings (SSSR count). The average Bonchev–Trinajstić information content (AvgIpc) is 3.19. The highest BCUT2D eigenvalue weighted by molar-refractivity contribution is 6.33. The van der Waals surface area contributed by atoms with Gasteiger partial charge >= 0.3 is 0 Å². The third-order valence-corrected chi connectivity index (χ3v) is 5.28. The molecule has 0 saturated carbocycles. The second-order valence-corrected chi connectivity index (χ2v) is 6.95. The maximum absolute atomic E-state index is 12.2. The topological polar surface area (TPSA) is 66.5 Å². The van der Waals surface area contributed by atoms with E-state index >= 15 is 0 Å². The molecule has 2 N–H and O–H groups in total. The summed E-state index contributed by atoms with van der Waals surface area (Å²) in [6.07, 6.45) is 0. The van der Waals surface area contributed by atoms with Gasteiger partial charge in [0, 0.05) is 34.1 Å². The summed E-state index contributed by atoms with van der Waals surface area (Å²) in [4.78, 5) is 12.2. The molecule has 0 fully saturated rings. The van der Waals surface area contributed by atoms with Gasteiger partial charge in [0.25, 0.3) is 5.91 Å². The molecule has 27 heavy (non-hydrogen) atoms. The van der Waals surface area contributed by atoms with Crippen LogP contribution in [0, 0.1) is 13.8 Å². The van der Waals surface area contributed by atoms with Crippen LogP contribution in [0.2, 0.25) is 5.02 Å². The predicted octanol–water partition coefficient (Wildman–Crippen LogP) is 4.30. The fourth-order valence-electron chi connectivity index (χ4n) is 3.64. The normalized spacial score (nSPS) is 12.4. The second-order valence-electron chi connectivity index (χ2n) is 6.54. The first-order valence-corrected chi connectivity index (χ1v) is 8.98. The lowest BCUT2D eigenvalue weighted by molar-refractivity contribution is 0.1000. The van der Waals surface area contributed by atoms with Crippen LogP contribution in [-0.2, 0) is 6.54 Å². The number of hydrogen-bond acceptors (Lipinski definition) is 3. The van der Waals surface area contributed by atoms with Crippen molar-refractivity contribution in [3.8, 4) is 22.6 Å². The van der Waals surface area contributed by atoms with E-state index in [9.17, 15) is 4.79 Å². The summed E-state index contributed by atoms with van der Waals surface area (Å²) < 4.78 is 12.9. The first-order chi connectivity index (χ1) is 13.0. The Bertz CT molecular complexity index is 1060. The minimum Gasteiger partial charge on any atom is -0.454 e. The van der Waals surface area contributed by atoms with Crippen LogP contribution in [0.1, 0.15) is 27.3 Å². The summed E-state index contributed by atoms with van der Waals surface area (Å²) >= 11 is 6.40. The van der Waals surface area contributed by atoms with Crippen LogP contribution in [0.25, 0.3) is 11.1 Å². The van der Waals surface area contributed by atoms with E-state index < -0.39 is 5.91 Å². The average molecular weight is 383 g/mol.